The topological polar surface area (TPSA) is 106 Å². The van der Waals surface area contributed by atoms with Crippen LogP contribution < -0.4 is 5.32 Å². The monoisotopic (exact) mass is 364 g/mol. The molecule has 0 spiro atoms. The summed E-state index contributed by atoms with van der Waals surface area (Å²) in [6.07, 6.45) is -0.674. The number of carbonyl (C=O) groups excluding carboxylic acids is 1. The summed E-state index contributed by atoms with van der Waals surface area (Å²) in [6, 6.07) is 9.76. The van der Waals surface area contributed by atoms with Crippen LogP contribution in [-0.4, -0.2) is 15.9 Å². The van der Waals surface area contributed by atoms with Crippen molar-refractivity contribution in [3.8, 4) is 0 Å². The first kappa shape index (κ1) is 16.4. The van der Waals surface area contributed by atoms with E-state index in [9.17, 15) is 20.0 Å². The van der Waals surface area contributed by atoms with E-state index >= 15 is 0 Å². The van der Waals surface area contributed by atoms with Crippen LogP contribution in [0.25, 0.3) is 0 Å². The maximum Gasteiger partial charge on any atom is 0.433 e. The number of thiophene rings is 2. The van der Waals surface area contributed by atoms with Crippen molar-refractivity contribution in [2.75, 3.05) is 0 Å². The number of nitro groups is 1. The molecule has 0 aliphatic heterocycles. The van der Waals surface area contributed by atoms with Gasteiger partial charge in [-0.1, -0.05) is 6.07 Å². The number of hydrogen-bond acceptors (Lipinski definition) is 7. The number of rotatable bonds is 6. The summed E-state index contributed by atoms with van der Waals surface area (Å²) in [5, 5.41) is 25.3. The molecule has 7 nitrogen and oxygen atoms in total. The number of nitrogens with one attached hydrogen (secondary N) is 1. The highest BCUT2D eigenvalue weighted by atomic mass is 32.1. The van der Waals surface area contributed by atoms with Crippen molar-refractivity contribution in [2.24, 2.45) is 0 Å². The van der Waals surface area contributed by atoms with Crippen LogP contribution >= 0.6 is 22.7 Å². The Morgan fingerprint density at radius 3 is 2.79 bits per heavy atom. The number of aliphatic hydroxyl groups is 1. The van der Waals surface area contributed by atoms with Crippen molar-refractivity contribution in [1.82, 2.24) is 5.32 Å². The first-order chi connectivity index (χ1) is 11.5. The van der Waals surface area contributed by atoms with Crippen LogP contribution in [0.15, 0.2) is 46.2 Å². The summed E-state index contributed by atoms with van der Waals surface area (Å²) in [5.74, 6) is -1.12. The second-order valence-corrected chi connectivity index (χ2v) is 6.98. The lowest BCUT2D eigenvalue weighted by Crippen LogP contribution is -2.21. The lowest BCUT2D eigenvalue weighted by Gasteiger charge is -2.05. The molecule has 3 aromatic heterocycles. The standard InChI is InChI=1S/C15H12N2O5S2/c18-14(11-2-1-7-23-11)12-5-3-9(24-12)8-16-15(19)10-4-6-13(22-10)17(20)21/h1-7,14,18H,8H2,(H,16,19). The van der Waals surface area contributed by atoms with E-state index in [1.165, 1.54) is 28.7 Å². The van der Waals surface area contributed by atoms with Gasteiger partial charge in [0.1, 0.15) is 11.0 Å². The Bertz CT molecular complexity index is 853. The summed E-state index contributed by atoms with van der Waals surface area (Å²) >= 11 is 2.86. The molecule has 1 amide bonds. The number of aliphatic hydroxyl groups excluding tert-OH is 1. The van der Waals surface area contributed by atoms with Crippen LogP contribution in [0.5, 0.6) is 0 Å². The van der Waals surface area contributed by atoms with Crippen molar-refractivity contribution >= 4 is 34.5 Å². The minimum absolute atomic E-state index is 0.114. The maximum atomic E-state index is 11.9. The van der Waals surface area contributed by atoms with Gasteiger partial charge in [-0.05, 0) is 29.6 Å². The molecular formula is C15H12N2O5S2. The van der Waals surface area contributed by atoms with Crippen LogP contribution in [0.1, 0.15) is 31.3 Å². The van der Waals surface area contributed by atoms with Gasteiger partial charge in [0.05, 0.1) is 12.6 Å². The molecule has 3 heterocycles. The molecule has 0 radical (unpaired) electrons. The summed E-state index contributed by atoms with van der Waals surface area (Å²) in [4.78, 5) is 24.3. The molecule has 3 rings (SSSR count). The molecular weight excluding hydrogens is 352 g/mol. The third kappa shape index (κ3) is 3.53. The smallest absolute Gasteiger partial charge is 0.395 e. The minimum Gasteiger partial charge on any atom is -0.395 e. The van der Waals surface area contributed by atoms with Crippen LogP contribution in [0.3, 0.4) is 0 Å². The second-order valence-electron chi connectivity index (χ2n) is 4.80. The van der Waals surface area contributed by atoms with Crippen LogP contribution in [0.4, 0.5) is 5.88 Å². The summed E-state index contributed by atoms with van der Waals surface area (Å²) in [6.45, 7) is 0.245. The van der Waals surface area contributed by atoms with Crippen LogP contribution in [0.2, 0.25) is 0 Å². The fraction of sp³-hybridized carbons (Fsp3) is 0.133. The molecule has 3 aromatic rings. The molecule has 0 fully saturated rings. The van der Waals surface area contributed by atoms with Gasteiger partial charge in [0, 0.05) is 14.6 Å². The third-order valence-electron chi connectivity index (χ3n) is 3.18. The number of carbonyl (C=O) groups is 1. The molecule has 1 atom stereocenters. The SMILES string of the molecule is O=C(NCc1ccc(C(O)c2cccs2)s1)c1ccc([N+](=O)[O-])o1. The van der Waals surface area contributed by atoms with Gasteiger partial charge in [0.15, 0.2) is 5.76 Å². The Morgan fingerprint density at radius 1 is 1.29 bits per heavy atom. The Morgan fingerprint density at radius 2 is 2.12 bits per heavy atom. The van der Waals surface area contributed by atoms with Gasteiger partial charge in [-0.25, -0.2) is 0 Å². The second kappa shape index (κ2) is 6.95. The molecule has 0 saturated carbocycles. The quantitative estimate of drug-likeness (QED) is 0.515. The molecule has 0 saturated heterocycles. The minimum atomic E-state index is -0.700. The zero-order valence-corrected chi connectivity index (χ0v) is 13.8. The predicted octanol–water partition coefficient (Wildman–Crippen LogP) is 3.32. The van der Waals surface area contributed by atoms with E-state index in [4.69, 9.17) is 4.42 Å². The van der Waals surface area contributed by atoms with Gasteiger partial charge in [0.2, 0.25) is 0 Å². The predicted molar refractivity (Wildman–Crippen MR) is 89.2 cm³/mol. The molecule has 1 unspecified atom stereocenters. The van der Waals surface area contributed by atoms with Crippen LogP contribution in [-0.2, 0) is 6.54 Å². The molecule has 9 heteroatoms. The molecule has 24 heavy (non-hydrogen) atoms. The van der Waals surface area contributed by atoms with Gasteiger partial charge < -0.3 is 14.8 Å². The fourth-order valence-electron chi connectivity index (χ4n) is 2.03. The Hall–Kier alpha value is -2.49. The van der Waals surface area contributed by atoms with Crippen molar-refractivity contribution in [3.63, 3.8) is 0 Å². The molecule has 2 N–H and O–H groups in total. The van der Waals surface area contributed by atoms with Gasteiger partial charge in [-0.15, -0.1) is 22.7 Å². The lowest BCUT2D eigenvalue weighted by atomic mass is 10.2. The van der Waals surface area contributed by atoms with Gasteiger partial charge in [0.25, 0.3) is 5.91 Å². The van der Waals surface area contributed by atoms with Gasteiger partial charge in [-0.2, -0.15) is 0 Å². The van der Waals surface area contributed by atoms with Gasteiger partial charge >= 0.3 is 5.88 Å². The summed E-state index contributed by atoms with van der Waals surface area (Å²) in [5.41, 5.74) is 0. The fourth-order valence-corrected chi connectivity index (χ4v) is 3.79. The maximum absolute atomic E-state index is 11.9. The van der Waals surface area contributed by atoms with Crippen molar-refractivity contribution in [2.45, 2.75) is 12.6 Å². The highest BCUT2D eigenvalue weighted by Gasteiger charge is 2.18. The summed E-state index contributed by atoms with van der Waals surface area (Å²) in [7, 11) is 0. The Balaban J connectivity index is 1.60. The van der Waals surface area contributed by atoms with E-state index in [1.54, 1.807) is 0 Å². The first-order valence-corrected chi connectivity index (χ1v) is 8.56. The zero-order chi connectivity index (χ0) is 17.1. The van der Waals surface area contributed by atoms with E-state index in [0.717, 1.165) is 20.7 Å². The number of nitrogens with zero attached hydrogens (tertiary/aromatic N) is 1. The van der Waals surface area contributed by atoms with E-state index in [1.807, 2.05) is 29.6 Å². The molecule has 0 bridgehead atoms. The third-order valence-corrected chi connectivity index (χ3v) is 5.25. The highest BCUT2D eigenvalue weighted by molar-refractivity contribution is 7.12. The summed E-state index contributed by atoms with van der Waals surface area (Å²) < 4.78 is 4.84. The zero-order valence-electron chi connectivity index (χ0n) is 12.2. The lowest BCUT2D eigenvalue weighted by molar-refractivity contribution is -0.402. The normalized spacial score (nSPS) is 12.0. The molecule has 0 aliphatic carbocycles. The van der Waals surface area contributed by atoms with E-state index in [0.29, 0.717) is 0 Å². The number of furan rings is 1. The average molecular weight is 364 g/mol. The van der Waals surface area contributed by atoms with Crippen molar-refractivity contribution < 1.29 is 19.2 Å². The van der Waals surface area contributed by atoms with Crippen molar-refractivity contribution in [1.29, 1.82) is 0 Å². The van der Waals surface area contributed by atoms with E-state index in [-0.39, 0.29) is 12.3 Å². The average Bonchev–Trinajstić information content (AvgIpc) is 3.33. The Labute approximate surface area is 144 Å². The first-order valence-electron chi connectivity index (χ1n) is 6.87. The van der Waals surface area contributed by atoms with Crippen molar-refractivity contribution in [3.05, 3.63) is 72.3 Å². The Kier molecular flexibility index (Phi) is 4.74. The molecule has 0 aliphatic rings. The highest BCUT2D eigenvalue weighted by Crippen LogP contribution is 2.30. The van der Waals surface area contributed by atoms with Crippen LogP contribution in [0, 0.1) is 10.1 Å². The number of hydrogen-bond donors (Lipinski definition) is 2. The molecule has 0 aromatic carbocycles. The number of amides is 1. The van der Waals surface area contributed by atoms with E-state index < -0.39 is 22.8 Å². The molecule has 124 valence electrons. The van der Waals surface area contributed by atoms with Gasteiger partial charge in [-0.3, -0.25) is 14.9 Å². The largest absolute Gasteiger partial charge is 0.433 e. The van der Waals surface area contributed by atoms with E-state index in [2.05, 4.69) is 5.32 Å².